The summed E-state index contributed by atoms with van der Waals surface area (Å²) in [6, 6.07) is 7.06. The zero-order chi connectivity index (χ0) is 20.5. The fraction of sp³-hybridized carbons (Fsp3) is 0.591. The first-order valence-electron chi connectivity index (χ1n) is 10.6. The van der Waals surface area contributed by atoms with E-state index in [1.165, 1.54) is 31.0 Å². The number of ether oxygens (including phenoxy) is 1. The Morgan fingerprint density at radius 2 is 1.76 bits per heavy atom. The van der Waals surface area contributed by atoms with E-state index in [0.29, 0.717) is 28.7 Å². The van der Waals surface area contributed by atoms with Crippen molar-refractivity contribution >= 4 is 29.5 Å². The number of amides is 2. The lowest BCUT2D eigenvalue weighted by Gasteiger charge is -2.21. The minimum Gasteiger partial charge on any atom is -0.452 e. The summed E-state index contributed by atoms with van der Waals surface area (Å²) >= 11 is 1.34. The first kappa shape index (κ1) is 21.7. The fourth-order valence-electron chi connectivity index (χ4n) is 3.87. The van der Waals surface area contributed by atoms with Crippen LogP contribution in [0.4, 0.5) is 0 Å². The highest BCUT2D eigenvalue weighted by molar-refractivity contribution is 8.00. The van der Waals surface area contributed by atoms with Crippen LogP contribution in [0, 0.1) is 5.92 Å². The van der Waals surface area contributed by atoms with Crippen LogP contribution < -0.4 is 5.32 Å². The zero-order valence-corrected chi connectivity index (χ0v) is 17.7. The molecular formula is C22H30N2O4S. The molecule has 0 radical (unpaired) electrons. The molecule has 1 aliphatic heterocycles. The summed E-state index contributed by atoms with van der Waals surface area (Å²) in [5, 5.41) is 2.87. The molecule has 0 unspecified atom stereocenters. The van der Waals surface area contributed by atoms with Gasteiger partial charge in [-0.05, 0) is 43.7 Å². The first-order valence-corrected chi connectivity index (χ1v) is 11.6. The monoisotopic (exact) mass is 418 g/mol. The fourth-order valence-corrected chi connectivity index (χ4v) is 4.81. The van der Waals surface area contributed by atoms with E-state index in [9.17, 15) is 14.4 Å². The second kappa shape index (κ2) is 11.2. The van der Waals surface area contributed by atoms with Crippen LogP contribution in [0.15, 0.2) is 29.2 Å². The quantitative estimate of drug-likeness (QED) is 0.518. The average molecular weight is 419 g/mol. The summed E-state index contributed by atoms with van der Waals surface area (Å²) in [5.74, 6) is 0.130. The predicted octanol–water partition coefficient (Wildman–Crippen LogP) is 3.25. The number of esters is 1. The number of rotatable bonds is 8. The van der Waals surface area contributed by atoms with Crippen LogP contribution in [0.1, 0.15) is 55.3 Å². The van der Waals surface area contributed by atoms with E-state index in [0.717, 1.165) is 38.8 Å². The molecule has 1 aromatic rings. The average Bonchev–Trinajstić information content (AvgIpc) is 3.30. The van der Waals surface area contributed by atoms with Gasteiger partial charge in [0.05, 0.1) is 11.3 Å². The molecule has 7 heteroatoms. The molecule has 2 fully saturated rings. The number of benzene rings is 1. The van der Waals surface area contributed by atoms with Crippen molar-refractivity contribution in [3.05, 3.63) is 29.8 Å². The second-order valence-corrected chi connectivity index (χ2v) is 8.77. The highest BCUT2D eigenvalue weighted by Gasteiger charge is 2.20. The predicted molar refractivity (Wildman–Crippen MR) is 113 cm³/mol. The maximum atomic E-state index is 12.5. The van der Waals surface area contributed by atoms with Gasteiger partial charge in [-0.3, -0.25) is 9.59 Å². The zero-order valence-electron chi connectivity index (χ0n) is 16.9. The molecule has 3 rings (SSSR count). The van der Waals surface area contributed by atoms with Gasteiger partial charge in [-0.25, -0.2) is 4.79 Å². The van der Waals surface area contributed by atoms with E-state index < -0.39 is 5.97 Å². The van der Waals surface area contributed by atoms with Crippen LogP contribution in [0.5, 0.6) is 0 Å². The number of nitrogens with one attached hydrogen (secondary N) is 1. The van der Waals surface area contributed by atoms with Crippen molar-refractivity contribution in [3.63, 3.8) is 0 Å². The van der Waals surface area contributed by atoms with Crippen molar-refractivity contribution in [1.82, 2.24) is 10.2 Å². The maximum Gasteiger partial charge on any atom is 0.339 e. The third-order valence-corrected chi connectivity index (χ3v) is 6.62. The lowest BCUT2D eigenvalue weighted by atomic mass is 9.89. The molecule has 1 aliphatic carbocycles. The van der Waals surface area contributed by atoms with Gasteiger partial charge in [-0.15, -0.1) is 11.8 Å². The molecule has 6 nitrogen and oxygen atoms in total. The van der Waals surface area contributed by atoms with Gasteiger partial charge >= 0.3 is 5.97 Å². The van der Waals surface area contributed by atoms with Crippen molar-refractivity contribution in [2.45, 2.75) is 49.8 Å². The maximum absolute atomic E-state index is 12.5. The normalized spacial score (nSPS) is 17.2. The number of hydrogen-bond donors (Lipinski definition) is 1. The van der Waals surface area contributed by atoms with E-state index in [1.54, 1.807) is 12.1 Å². The molecule has 1 saturated heterocycles. The van der Waals surface area contributed by atoms with Gasteiger partial charge < -0.3 is 15.0 Å². The van der Waals surface area contributed by atoms with Crippen molar-refractivity contribution in [3.8, 4) is 0 Å². The van der Waals surface area contributed by atoms with Gasteiger partial charge in [0, 0.05) is 24.5 Å². The SMILES string of the molecule is O=C(COC(=O)c1ccccc1SCC(=O)N1CCCC1)NCC1CCCCC1. The van der Waals surface area contributed by atoms with Crippen LogP contribution in [0.25, 0.3) is 0 Å². The van der Waals surface area contributed by atoms with Gasteiger partial charge in [0.25, 0.3) is 5.91 Å². The van der Waals surface area contributed by atoms with Crippen LogP contribution >= 0.6 is 11.8 Å². The van der Waals surface area contributed by atoms with Gasteiger partial charge in [-0.1, -0.05) is 31.4 Å². The Bertz CT molecular complexity index is 713. The molecule has 1 saturated carbocycles. The third-order valence-electron chi connectivity index (χ3n) is 5.56. The summed E-state index contributed by atoms with van der Waals surface area (Å²) in [6.45, 7) is 2.01. The molecule has 1 N–H and O–H groups in total. The van der Waals surface area contributed by atoms with Crippen LogP contribution in [-0.2, 0) is 14.3 Å². The minimum absolute atomic E-state index is 0.0951. The third kappa shape index (κ3) is 6.77. The van der Waals surface area contributed by atoms with Crippen LogP contribution in [0.3, 0.4) is 0 Å². The van der Waals surface area contributed by atoms with E-state index in [1.807, 2.05) is 17.0 Å². The minimum atomic E-state index is -0.533. The largest absolute Gasteiger partial charge is 0.452 e. The number of hydrogen-bond acceptors (Lipinski definition) is 5. The molecule has 29 heavy (non-hydrogen) atoms. The Hall–Kier alpha value is -2.02. The standard InChI is InChI=1S/C22H30N2O4S/c25-20(23-14-17-8-2-1-3-9-17)15-28-22(27)18-10-4-5-11-19(18)29-16-21(26)24-12-6-7-13-24/h4-5,10-11,17H,1-3,6-9,12-16H2,(H,23,25). The van der Waals surface area contributed by atoms with Gasteiger partial charge in [0.15, 0.2) is 6.61 Å². The molecule has 1 aromatic carbocycles. The van der Waals surface area contributed by atoms with Gasteiger partial charge in [-0.2, -0.15) is 0 Å². The first-order chi connectivity index (χ1) is 14.1. The van der Waals surface area contributed by atoms with Crippen molar-refractivity contribution in [2.24, 2.45) is 5.92 Å². The molecule has 0 bridgehead atoms. The molecule has 2 amide bonds. The van der Waals surface area contributed by atoms with Crippen molar-refractivity contribution < 1.29 is 19.1 Å². The lowest BCUT2D eigenvalue weighted by molar-refractivity contribution is -0.127. The Kier molecular flexibility index (Phi) is 8.40. The topological polar surface area (TPSA) is 75.7 Å². The number of likely N-dealkylation sites (tertiary alicyclic amines) is 1. The molecule has 158 valence electrons. The molecule has 0 aromatic heterocycles. The Morgan fingerprint density at radius 3 is 2.52 bits per heavy atom. The summed E-state index contributed by atoms with van der Waals surface area (Å²) in [5.41, 5.74) is 0.395. The number of thioether (sulfide) groups is 1. The van der Waals surface area contributed by atoms with Crippen molar-refractivity contribution in [1.29, 1.82) is 0 Å². The van der Waals surface area contributed by atoms with Crippen LogP contribution in [-0.4, -0.2) is 54.7 Å². The molecule has 0 atom stereocenters. The van der Waals surface area contributed by atoms with E-state index in [-0.39, 0.29) is 18.4 Å². The highest BCUT2D eigenvalue weighted by Crippen LogP contribution is 2.25. The Balaban J connectivity index is 1.44. The van der Waals surface area contributed by atoms with Crippen LogP contribution in [0.2, 0.25) is 0 Å². The molecule has 1 heterocycles. The second-order valence-electron chi connectivity index (χ2n) is 7.76. The molecule has 2 aliphatic rings. The van der Waals surface area contributed by atoms with E-state index in [4.69, 9.17) is 4.74 Å². The Labute approximate surface area is 176 Å². The summed E-state index contributed by atoms with van der Waals surface area (Å²) in [4.78, 5) is 39.3. The number of carbonyl (C=O) groups excluding carboxylic acids is 3. The Morgan fingerprint density at radius 1 is 1.03 bits per heavy atom. The highest BCUT2D eigenvalue weighted by atomic mass is 32.2. The van der Waals surface area contributed by atoms with Crippen molar-refractivity contribution in [2.75, 3.05) is 32.0 Å². The molecular weight excluding hydrogens is 388 g/mol. The smallest absolute Gasteiger partial charge is 0.339 e. The number of nitrogens with zero attached hydrogens (tertiary/aromatic N) is 1. The van der Waals surface area contributed by atoms with Gasteiger partial charge in [0.1, 0.15) is 0 Å². The number of carbonyl (C=O) groups is 3. The lowest BCUT2D eigenvalue weighted by Crippen LogP contribution is -2.33. The van der Waals surface area contributed by atoms with E-state index >= 15 is 0 Å². The van der Waals surface area contributed by atoms with E-state index in [2.05, 4.69) is 5.32 Å². The summed E-state index contributed by atoms with van der Waals surface area (Å²) < 4.78 is 5.22. The molecule has 0 spiro atoms. The summed E-state index contributed by atoms with van der Waals surface area (Å²) in [7, 11) is 0. The van der Waals surface area contributed by atoms with Gasteiger partial charge in [0.2, 0.25) is 5.91 Å². The summed E-state index contributed by atoms with van der Waals surface area (Å²) in [6.07, 6.45) is 8.16.